The Kier molecular flexibility index (Phi) is 10.4. The van der Waals surface area contributed by atoms with Crippen LogP contribution in [0.3, 0.4) is 0 Å². The zero-order chi connectivity index (χ0) is 24.6. The van der Waals surface area contributed by atoms with E-state index in [0.29, 0.717) is 25.8 Å². The highest BCUT2D eigenvalue weighted by Gasteiger charge is 2.36. The Hall–Kier alpha value is -2.84. The van der Waals surface area contributed by atoms with Crippen LogP contribution in [0.25, 0.3) is 0 Å². The number of likely N-dealkylation sites (N-methyl/N-ethyl adjacent to an activating group) is 2. The molecule has 0 radical (unpaired) electrons. The Balaban J connectivity index is 2.61. The van der Waals surface area contributed by atoms with E-state index in [1.54, 1.807) is 7.05 Å². The molecule has 0 aromatic heterocycles. The largest absolute Gasteiger partial charge is 0.408 e. The van der Waals surface area contributed by atoms with Gasteiger partial charge in [0.25, 0.3) is 11.8 Å². The molecule has 1 heterocycles. The average Bonchev–Trinajstić information content (AvgIpc) is 3.02. The van der Waals surface area contributed by atoms with Crippen molar-refractivity contribution in [1.82, 2.24) is 15.1 Å². The second-order valence-electron chi connectivity index (χ2n) is 8.93. The Morgan fingerprint density at radius 1 is 1.03 bits per heavy atom. The van der Waals surface area contributed by atoms with Crippen LogP contribution in [0.1, 0.15) is 53.4 Å². The Bertz CT molecular complexity index is 769. The van der Waals surface area contributed by atoms with Gasteiger partial charge >= 0.3 is 5.91 Å². The van der Waals surface area contributed by atoms with Crippen molar-refractivity contribution < 1.29 is 28.5 Å². The third-order valence-corrected chi connectivity index (χ3v) is 5.49. The molecule has 0 saturated heterocycles. The van der Waals surface area contributed by atoms with Crippen LogP contribution >= 0.6 is 0 Å². The summed E-state index contributed by atoms with van der Waals surface area (Å²) in [7, 11) is 3.13. The van der Waals surface area contributed by atoms with Crippen LogP contribution in [0.4, 0.5) is 0 Å². The van der Waals surface area contributed by atoms with Crippen LogP contribution in [0.5, 0.6) is 0 Å². The first-order chi connectivity index (χ1) is 14.9. The van der Waals surface area contributed by atoms with E-state index >= 15 is 0 Å². The van der Waals surface area contributed by atoms with Gasteiger partial charge in [-0.05, 0) is 24.7 Å². The smallest absolute Gasteiger partial charge is 0.338 e. The number of hydrogen-bond donors (Lipinski definition) is 1. The van der Waals surface area contributed by atoms with E-state index in [1.165, 1.54) is 33.6 Å². The Morgan fingerprint density at radius 2 is 1.59 bits per heavy atom. The summed E-state index contributed by atoms with van der Waals surface area (Å²) >= 11 is 0. The molecule has 0 fully saturated rings. The maximum Gasteiger partial charge on any atom is 0.408 e. The van der Waals surface area contributed by atoms with Crippen LogP contribution in [0.2, 0.25) is 0 Å². The molecule has 1 aliphatic heterocycles. The molecule has 178 valence electrons. The van der Waals surface area contributed by atoms with Crippen molar-refractivity contribution in [3.8, 4) is 0 Å². The van der Waals surface area contributed by atoms with Gasteiger partial charge in [-0.2, -0.15) is 4.58 Å². The maximum atomic E-state index is 13.0. The number of amides is 5. The molecular formula is C23H37N4O5+. The number of imide groups is 1. The van der Waals surface area contributed by atoms with Crippen molar-refractivity contribution in [2.45, 2.75) is 65.5 Å². The lowest BCUT2D eigenvalue weighted by atomic mass is 9.98. The van der Waals surface area contributed by atoms with Gasteiger partial charge in [0, 0.05) is 32.2 Å². The summed E-state index contributed by atoms with van der Waals surface area (Å²) in [5.41, 5.74) is 0. The second kappa shape index (κ2) is 12.3. The predicted octanol–water partition coefficient (Wildman–Crippen LogP) is 0.965. The summed E-state index contributed by atoms with van der Waals surface area (Å²) in [6, 6.07) is -1.43. The first kappa shape index (κ1) is 27.2. The SMILES string of the molecule is C=[N+](C)C(=O)[C@@H](NC(=O)[C@H](C(C)C)N(C)C(=O)CCCCCN1C(=O)C=CC1=O)C(C)C. The van der Waals surface area contributed by atoms with Crippen molar-refractivity contribution in [3.63, 3.8) is 0 Å². The van der Waals surface area contributed by atoms with Gasteiger partial charge in [0.1, 0.15) is 19.8 Å². The van der Waals surface area contributed by atoms with Gasteiger partial charge in [0.2, 0.25) is 11.8 Å². The molecule has 1 rings (SSSR count). The first-order valence-electron chi connectivity index (χ1n) is 11.1. The number of carbonyl (C=O) groups is 5. The van der Waals surface area contributed by atoms with Crippen molar-refractivity contribution in [2.24, 2.45) is 11.8 Å². The van der Waals surface area contributed by atoms with Crippen LogP contribution < -0.4 is 5.32 Å². The summed E-state index contributed by atoms with van der Waals surface area (Å²) in [4.78, 5) is 63.8. The molecule has 1 N–H and O–H groups in total. The maximum absolute atomic E-state index is 13.0. The molecule has 0 unspecified atom stereocenters. The highest BCUT2D eigenvalue weighted by Crippen LogP contribution is 2.15. The molecule has 0 saturated carbocycles. The van der Waals surface area contributed by atoms with Crippen molar-refractivity contribution >= 4 is 36.3 Å². The summed E-state index contributed by atoms with van der Waals surface area (Å²) in [5.74, 6) is -1.73. The van der Waals surface area contributed by atoms with E-state index in [1.807, 2.05) is 27.7 Å². The lowest BCUT2D eigenvalue weighted by Gasteiger charge is -2.31. The van der Waals surface area contributed by atoms with E-state index in [4.69, 9.17) is 0 Å². The van der Waals surface area contributed by atoms with Gasteiger partial charge < -0.3 is 10.2 Å². The zero-order valence-electron chi connectivity index (χ0n) is 20.1. The first-order valence-corrected chi connectivity index (χ1v) is 11.1. The summed E-state index contributed by atoms with van der Waals surface area (Å²) in [5, 5.41) is 2.79. The highest BCUT2D eigenvalue weighted by atomic mass is 16.2. The van der Waals surface area contributed by atoms with Crippen LogP contribution in [-0.2, 0) is 24.0 Å². The van der Waals surface area contributed by atoms with Gasteiger partial charge in [-0.3, -0.25) is 24.1 Å². The lowest BCUT2D eigenvalue weighted by Crippen LogP contribution is -2.56. The monoisotopic (exact) mass is 449 g/mol. The Morgan fingerprint density at radius 3 is 2.06 bits per heavy atom. The number of carbonyl (C=O) groups excluding carboxylic acids is 5. The fourth-order valence-electron chi connectivity index (χ4n) is 3.62. The number of nitrogens with zero attached hydrogens (tertiary/aromatic N) is 3. The minimum atomic E-state index is -0.722. The number of unbranched alkanes of at least 4 members (excludes halogenated alkanes) is 2. The second-order valence-corrected chi connectivity index (χ2v) is 8.93. The predicted molar refractivity (Wildman–Crippen MR) is 121 cm³/mol. The van der Waals surface area contributed by atoms with E-state index in [0.717, 1.165) is 0 Å². The van der Waals surface area contributed by atoms with Gasteiger partial charge in [0.15, 0.2) is 6.04 Å². The molecule has 2 atom stereocenters. The number of nitrogens with one attached hydrogen (secondary N) is 1. The minimum absolute atomic E-state index is 0.131. The van der Waals surface area contributed by atoms with Crippen molar-refractivity contribution in [2.75, 3.05) is 20.6 Å². The van der Waals surface area contributed by atoms with Crippen LogP contribution in [0.15, 0.2) is 12.2 Å². The number of hydrogen-bond acceptors (Lipinski definition) is 5. The highest BCUT2D eigenvalue weighted by molar-refractivity contribution is 6.12. The van der Waals surface area contributed by atoms with E-state index in [2.05, 4.69) is 12.0 Å². The van der Waals surface area contributed by atoms with Crippen LogP contribution in [-0.4, -0.2) is 83.4 Å². The molecular weight excluding hydrogens is 412 g/mol. The molecule has 0 aromatic carbocycles. The fourth-order valence-corrected chi connectivity index (χ4v) is 3.62. The molecule has 1 aliphatic rings. The van der Waals surface area contributed by atoms with Crippen LogP contribution in [0, 0.1) is 11.8 Å². The molecule has 9 nitrogen and oxygen atoms in total. The minimum Gasteiger partial charge on any atom is -0.338 e. The molecule has 0 aromatic rings. The summed E-state index contributed by atoms with van der Waals surface area (Å²) < 4.78 is 1.20. The third-order valence-electron chi connectivity index (χ3n) is 5.49. The topological polar surface area (TPSA) is 107 Å². The molecule has 5 amide bonds. The van der Waals surface area contributed by atoms with Crippen molar-refractivity contribution in [1.29, 1.82) is 0 Å². The molecule has 0 bridgehead atoms. The fraction of sp³-hybridized carbons (Fsp3) is 0.652. The van der Waals surface area contributed by atoms with Gasteiger partial charge in [-0.15, -0.1) is 0 Å². The average molecular weight is 450 g/mol. The lowest BCUT2D eigenvalue weighted by molar-refractivity contribution is -0.413. The van der Waals surface area contributed by atoms with Crippen molar-refractivity contribution in [3.05, 3.63) is 12.2 Å². The van der Waals surface area contributed by atoms with Gasteiger partial charge in [0.05, 0.1) is 0 Å². The quantitative estimate of drug-likeness (QED) is 0.207. The zero-order valence-corrected chi connectivity index (χ0v) is 20.1. The molecule has 0 spiro atoms. The third kappa shape index (κ3) is 7.39. The normalized spacial score (nSPS) is 15.3. The molecule has 0 aliphatic carbocycles. The van der Waals surface area contributed by atoms with E-state index in [-0.39, 0.29) is 47.8 Å². The van der Waals surface area contributed by atoms with E-state index in [9.17, 15) is 24.0 Å². The number of rotatable bonds is 12. The van der Waals surface area contributed by atoms with E-state index < -0.39 is 12.1 Å². The van der Waals surface area contributed by atoms with Gasteiger partial charge in [-0.25, -0.2) is 4.79 Å². The Labute approximate surface area is 190 Å². The molecule has 32 heavy (non-hydrogen) atoms. The molecule has 9 heteroatoms. The summed E-state index contributed by atoms with van der Waals surface area (Å²) in [6.45, 7) is 11.3. The summed E-state index contributed by atoms with van der Waals surface area (Å²) in [6.07, 6.45) is 4.63. The standard InChI is InChI=1S/C23H36N4O5/c1-15(2)20(23(32)25(5)6)24-22(31)21(16(3)4)26(7)17(28)11-9-8-10-14-27-18(29)12-13-19(27)30/h12-13,15-16,20-21H,5,8-11,14H2,1-4,6-7H3/p+1/t20-,21-/m0/s1. The van der Waals surface area contributed by atoms with Gasteiger partial charge in [-0.1, -0.05) is 34.1 Å².